The standard InChI is InChI=1S/C18H23N3O4/c1-23-14-10-9-12(11-15(14)24-2)16-20-18(25-21-16)17(22)19-13-7-5-3-4-6-8-13/h9-11,13H,3-8H2,1-2H3,(H,19,22). The molecule has 3 rings (SSSR count). The fourth-order valence-electron chi connectivity index (χ4n) is 3.08. The Bertz CT molecular complexity index is 721. The number of carbonyl (C=O) groups excluding carboxylic acids is 1. The first-order chi connectivity index (χ1) is 12.2. The molecule has 1 N–H and O–H groups in total. The molecule has 7 nitrogen and oxygen atoms in total. The van der Waals surface area contributed by atoms with Gasteiger partial charge in [-0.2, -0.15) is 4.98 Å². The number of ether oxygens (including phenoxy) is 2. The lowest BCUT2D eigenvalue weighted by Crippen LogP contribution is -2.34. The van der Waals surface area contributed by atoms with Crippen LogP contribution in [0.3, 0.4) is 0 Å². The second-order valence-corrected chi connectivity index (χ2v) is 6.15. The van der Waals surface area contributed by atoms with E-state index in [-0.39, 0.29) is 17.8 Å². The Morgan fingerprint density at radius 1 is 1.12 bits per heavy atom. The molecule has 1 aromatic carbocycles. The van der Waals surface area contributed by atoms with Gasteiger partial charge < -0.3 is 19.3 Å². The van der Waals surface area contributed by atoms with Gasteiger partial charge in [-0.1, -0.05) is 30.8 Å². The van der Waals surface area contributed by atoms with Crippen molar-refractivity contribution in [2.45, 2.75) is 44.6 Å². The van der Waals surface area contributed by atoms with E-state index in [4.69, 9.17) is 14.0 Å². The highest BCUT2D eigenvalue weighted by Crippen LogP contribution is 2.31. The van der Waals surface area contributed by atoms with Crippen LogP contribution in [0.2, 0.25) is 0 Å². The molecule has 0 radical (unpaired) electrons. The van der Waals surface area contributed by atoms with E-state index >= 15 is 0 Å². The van der Waals surface area contributed by atoms with Gasteiger partial charge in [-0.15, -0.1) is 0 Å². The SMILES string of the molecule is COc1ccc(-c2noc(C(=O)NC3CCCCCC3)n2)cc1OC. The lowest BCUT2D eigenvalue weighted by Gasteiger charge is -2.14. The van der Waals surface area contributed by atoms with Crippen LogP contribution < -0.4 is 14.8 Å². The summed E-state index contributed by atoms with van der Waals surface area (Å²) in [4.78, 5) is 16.6. The Kier molecular flexibility index (Phi) is 5.53. The summed E-state index contributed by atoms with van der Waals surface area (Å²) < 4.78 is 15.6. The van der Waals surface area contributed by atoms with Gasteiger partial charge in [0, 0.05) is 11.6 Å². The van der Waals surface area contributed by atoms with Gasteiger partial charge >= 0.3 is 11.8 Å². The topological polar surface area (TPSA) is 86.5 Å². The van der Waals surface area contributed by atoms with Crippen molar-refractivity contribution in [2.24, 2.45) is 0 Å². The molecule has 134 valence electrons. The van der Waals surface area contributed by atoms with Crippen molar-refractivity contribution < 1.29 is 18.8 Å². The van der Waals surface area contributed by atoms with E-state index in [0.717, 1.165) is 25.7 Å². The number of rotatable bonds is 5. The summed E-state index contributed by atoms with van der Waals surface area (Å²) in [6.07, 6.45) is 6.76. The lowest BCUT2D eigenvalue weighted by molar-refractivity contribution is 0.0889. The van der Waals surface area contributed by atoms with E-state index < -0.39 is 0 Å². The monoisotopic (exact) mass is 345 g/mol. The predicted molar refractivity (Wildman–Crippen MR) is 91.8 cm³/mol. The first kappa shape index (κ1) is 17.3. The van der Waals surface area contributed by atoms with Crippen LogP contribution in [-0.2, 0) is 0 Å². The zero-order chi connectivity index (χ0) is 17.6. The fraction of sp³-hybridized carbons (Fsp3) is 0.500. The summed E-state index contributed by atoms with van der Waals surface area (Å²) in [5.41, 5.74) is 0.690. The van der Waals surface area contributed by atoms with Gasteiger partial charge in [0.05, 0.1) is 14.2 Å². The van der Waals surface area contributed by atoms with E-state index in [1.54, 1.807) is 32.4 Å². The van der Waals surface area contributed by atoms with Gasteiger partial charge in [0.2, 0.25) is 5.82 Å². The van der Waals surface area contributed by atoms with Crippen LogP contribution in [-0.4, -0.2) is 36.3 Å². The number of amides is 1. The first-order valence-electron chi connectivity index (χ1n) is 8.58. The summed E-state index contributed by atoms with van der Waals surface area (Å²) in [6, 6.07) is 5.48. The fourth-order valence-corrected chi connectivity index (χ4v) is 3.08. The maximum atomic E-state index is 12.3. The molecular formula is C18H23N3O4. The first-order valence-corrected chi connectivity index (χ1v) is 8.58. The van der Waals surface area contributed by atoms with Crippen LogP contribution in [0.25, 0.3) is 11.4 Å². The number of hydrogen-bond donors (Lipinski definition) is 1. The summed E-state index contributed by atoms with van der Waals surface area (Å²) in [7, 11) is 3.13. The molecule has 0 bridgehead atoms. The molecule has 0 saturated heterocycles. The highest BCUT2D eigenvalue weighted by atomic mass is 16.5. The molecule has 1 aromatic heterocycles. The molecule has 0 unspecified atom stereocenters. The second kappa shape index (κ2) is 8.00. The van der Waals surface area contributed by atoms with Crippen molar-refractivity contribution in [3.8, 4) is 22.9 Å². The van der Waals surface area contributed by atoms with Gasteiger partial charge in [0.1, 0.15) is 0 Å². The number of nitrogens with one attached hydrogen (secondary N) is 1. The molecule has 2 aromatic rings. The van der Waals surface area contributed by atoms with Gasteiger partial charge in [0.25, 0.3) is 0 Å². The Balaban J connectivity index is 1.72. The minimum absolute atomic E-state index is 0.0194. The zero-order valence-corrected chi connectivity index (χ0v) is 14.6. The molecule has 0 atom stereocenters. The van der Waals surface area contributed by atoms with E-state index in [1.165, 1.54) is 12.8 Å². The molecular weight excluding hydrogens is 322 g/mol. The summed E-state index contributed by atoms with van der Waals surface area (Å²) in [5.74, 6) is 1.18. The van der Waals surface area contributed by atoms with Gasteiger partial charge in [-0.05, 0) is 31.0 Å². The third-order valence-corrected chi connectivity index (χ3v) is 4.45. The number of nitrogens with zero attached hydrogens (tertiary/aromatic N) is 2. The van der Waals surface area contributed by atoms with Crippen LogP contribution in [0.15, 0.2) is 22.7 Å². The molecule has 1 aliphatic carbocycles. The van der Waals surface area contributed by atoms with E-state index in [9.17, 15) is 4.79 Å². The molecule has 1 amide bonds. The molecule has 25 heavy (non-hydrogen) atoms. The Morgan fingerprint density at radius 2 is 1.84 bits per heavy atom. The molecule has 1 fully saturated rings. The van der Waals surface area contributed by atoms with Crippen molar-refractivity contribution >= 4 is 5.91 Å². The smallest absolute Gasteiger partial charge is 0.316 e. The lowest BCUT2D eigenvalue weighted by atomic mass is 10.1. The van der Waals surface area contributed by atoms with E-state index in [0.29, 0.717) is 22.9 Å². The second-order valence-electron chi connectivity index (χ2n) is 6.15. The number of carbonyl (C=O) groups is 1. The minimum atomic E-state index is -0.314. The molecule has 7 heteroatoms. The Morgan fingerprint density at radius 3 is 2.52 bits per heavy atom. The average molecular weight is 345 g/mol. The highest BCUT2D eigenvalue weighted by molar-refractivity contribution is 5.90. The van der Waals surface area contributed by atoms with Crippen LogP contribution in [0.4, 0.5) is 0 Å². The maximum absolute atomic E-state index is 12.3. The van der Waals surface area contributed by atoms with Crippen molar-refractivity contribution in [1.82, 2.24) is 15.5 Å². The van der Waals surface area contributed by atoms with Crippen LogP contribution in [0.1, 0.15) is 49.2 Å². The average Bonchev–Trinajstić information content (AvgIpc) is 3.00. The number of aromatic nitrogens is 2. The molecule has 1 saturated carbocycles. The van der Waals surface area contributed by atoms with Crippen LogP contribution in [0, 0.1) is 0 Å². The van der Waals surface area contributed by atoms with Gasteiger partial charge in [-0.25, -0.2) is 0 Å². The normalized spacial score (nSPS) is 15.4. The van der Waals surface area contributed by atoms with Crippen molar-refractivity contribution in [2.75, 3.05) is 14.2 Å². The Labute approximate surface area is 146 Å². The molecule has 1 aliphatic rings. The Hall–Kier alpha value is -2.57. The quantitative estimate of drug-likeness (QED) is 0.838. The summed E-state index contributed by atoms with van der Waals surface area (Å²) >= 11 is 0. The van der Waals surface area contributed by atoms with Gasteiger partial charge in [0.15, 0.2) is 11.5 Å². The summed E-state index contributed by atoms with van der Waals surface area (Å²) in [6.45, 7) is 0. The molecule has 1 heterocycles. The van der Waals surface area contributed by atoms with E-state index in [2.05, 4.69) is 15.5 Å². The van der Waals surface area contributed by atoms with Crippen LogP contribution >= 0.6 is 0 Å². The zero-order valence-electron chi connectivity index (χ0n) is 14.6. The van der Waals surface area contributed by atoms with Crippen molar-refractivity contribution in [3.63, 3.8) is 0 Å². The number of methoxy groups -OCH3 is 2. The molecule has 0 spiro atoms. The maximum Gasteiger partial charge on any atom is 0.316 e. The van der Waals surface area contributed by atoms with Crippen molar-refractivity contribution in [3.05, 3.63) is 24.1 Å². The van der Waals surface area contributed by atoms with Gasteiger partial charge in [-0.3, -0.25) is 4.79 Å². The summed E-state index contributed by atoms with van der Waals surface area (Å²) in [5, 5.41) is 6.91. The minimum Gasteiger partial charge on any atom is -0.493 e. The predicted octanol–water partition coefficient (Wildman–Crippen LogP) is 3.21. The molecule has 0 aliphatic heterocycles. The third-order valence-electron chi connectivity index (χ3n) is 4.45. The third kappa shape index (κ3) is 4.10. The van der Waals surface area contributed by atoms with Crippen molar-refractivity contribution in [1.29, 1.82) is 0 Å². The van der Waals surface area contributed by atoms with E-state index in [1.807, 2.05) is 0 Å². The number of benzene rings is 1. The van der Waals surface area contributed by atoms with Crippen LogP contribution in [0.5, 0.6) is 11.5 Å². The number of hydrogen-bond acceptors (Lipinski definition) is 6. The highest BCUT2D eigenvalue weighted by Gasteiger charge is 2.21. The largest absolute Gasteiger partial charge is 0.493 e.